The Balaban J connectivity index is 1.27. The van der Waals surface area contributed by atoms with Crippen molar-refractivity contribution in [3.63, 3.8) is 0 Å². The first-order valence-corrected chi connectivity index (χ1v) is 11.5. The van der Waals surface area contributed by atoms with Gasteiger partial charge in [0.1, 0.15) is 12.7 Å². The van der Waals surface area contributed by atoms with Crippen molar-refractivity contribution in [2.24, 2.45) is 0 Å². The van der Waals surface area contributed by atoms with Crippen molar-refractivity contribution in [2.75, 3.05) is 13.2 Å². The van der Waals surface area contributed by atoms with E-state index in [4.69, 9.17) is 4.74 Å². The van der Waals surface area contributed by atoms with Gasteiger partial charge in [-0.05, 0) is 50.2 Å². The van der Waals surface area contributed by atoms with Gasteiger partial charge in [0.15, 0.2) is 5.82 Å². The molecule has 172 valence electrons. The molecule has 9 nitrogen and oxygen atoms in total. The summed E-state index contributed by atoms with van der Waals surface area (Å²) in [5.74, 6) is 0.649. The van der Waals surface area contributed by atoms with Gasteiger partial charge in [-0.2, -0.15) is 5.10 Å². The van der Waals surface area contributed by atoms with Gasteiger partial charge < -0.3 is 10.1 Å². The lowest BCUT2D eigenvalue weighted by atomic mass is 9.73. The third-order valence-corrected chi connectivity index (χ3v) is 6.95. The fourth-order valence-electron chi connectivity index (χ4n) is 5.04. The van der Waals surface area contributed by atoms with Gasteiger partial charge in [-0.1, -0.05) is 30.3 Å². The minimum Gasteiger partial charge on any atom is -0.381 e. The minimum absolute atomic E-state index is 0.000266. The molecule has 1 amide bonds. The number of nitrogens with zero attached hydrogens (tertiary/aromatic N) is 5. The molecule has 5 rings (SSSR count). The number of nitrogens with one attached hydrogen (secondary N) is 1. The van der Waals surface area contributed by atoms with Crippen LogP contribution in [0.15, 0.2) is 59.9 Å². The van der Waals surface area contributed by atoms with Crippen LogP contribution < -0.4 is 10.9 Å². The average Bonchev–Trinajstić information content (AvgIpc) is 3.41. The van der Waals surface area contributed by atoms with Crippen molar-refractivity contribution in [1.82, 2.24) is 29.9 Å². The molecule has 3 aromatic rings. The number of hydrogen-bond acceptors (Lipinski definition) is 6. The maximum Gasteiger partial charge on any atom is 0.267 e. The summed E-state index contributed by atoms with van der Waals surface area (Å²) in [6.45, 7) is 1.18. The second-order valence-corrected chi connectivity index (χ2v) is 8.85. The third kappa shape index (κ3) is 4.32. The molecular formula is C24H28N6O3. The second-order valence-electron chi connectivity index (χ2n) is 8.85. The van der Waals surface area contributed by atoms with Crippen LogP contribution in [0.3, 0.4) is 0 Å². The van der Waals surface area contributed by atoms with Gasteiger partial charge in [0.25, 0.3) is 5.56 Å². The first kappa shape index (κ1) is 21.5. The Morgan fingerprint density at radius 2 is 1.79 bits per heavy atom. The summed E-state index contributed by atoms with van der Waals surface area (Å²) in [5.41, 5.74) is 0.387. The van der Waals surface area contributed by atoms with E-state index in [1.807, 2.05) is 30.3 Å². The monoisotopic (exact) mass is 448 g/mol. The molecule has 3 heterocycles. The van der Waals surface area contributed by atoms with Gasteiger partial charge in [-0.3, -0.25) is 9.59 Å². The highest BCUT2D eigenvalue weighted by Crippen LogP contribution is 2.36. The highest BCUT2D eigenvalue weighted by atomic mass is 16.5. The van der Waals surface area contributed by atoms with E-state index in [9.17, 15) is 9.59 Å². The molecule has 1 N–H and O–H groups in total. The zero-order chi connectivity index (χ0) is 22.7. The summed E-state index contributed by atoms with van der Waals surface area (Å²) >= 11 is 0. The van der Waals surface area contributed by atoms with Crippen molar-refractivity contribution in [3.8, 4) is 5.82 Å². The number of hydrogen-bond donors (Lipinski definition) is 1. The first-order chi connectivity index (χ1) is 16.2. The molecule has 1 aliphatic carbocycles. The molecule has 0 bridgehead atoms. The van der Waals surface area contributed by atoms with E-state index in [1.165, 1.54) is 12.4 Å². The van der Waals surface area contributed by atoms with E-state index in [-0.39, 0.29) is 23.6 Å². The molecule has 0 spiro atoms. The van der Waals surface area contributed by atoms with Crippen molar-refractivity contribution < 1.29 is 9.53 Å². The van der Waals surface area contributed by atoms with E-state index in [0.717, 1.165) is 31.2 Å². The minimum atomic E-state index is -0.541. The molecule has 9 heteroatoms. The van der Waals surface area contributed by atoms with Gasteiger partial charge in [-0.15, -0.1) is 5.10 Å². The summed E-state index contributed by atoms with van der Waals surface area (Å²) in [4.78, 5) is 29.9. The normalized spacial score (nSPS) is 22.5. The molecule has 1 aromatic carbocycles. The molecule has 0 atom stereocenters. The Morgan fingerprint density at radius 1 is 1.03 bits per heavy atom. The Morgan fingerprint density at radius 3 is 2.48 bits per heavy atom. The van der Waals surface area contributed by atoms with Crippen molar-refractivity contribution in [2.45, 2.75) is 56.0 Å². The van der Waals surface area contributed by atoms with Crippen molar-refractivity contribution >= 4 is 5.91 Å². The van der Waals surface area contributed by atoms with Crippen LogP contribution in [0.4, 0.5) is 0 Å². The lowest BCUT2D eigenvalue weighted by molar-refractivity contribution is -0.131. The molecule has 0 radical (unpaired) electrons. The fraction of sp³-hybridized carbons (Fsp3) is 0.458. The Labute approximate surface area is 191 Å². The Hall–Kier alpha value is -3.33. The molecule has 2 aliphatic rings. The lowest BCUT2D eigenvalue weighted by Gasteiger charge is -2.38. The van der Waals surface area contributed by atoms with Crippen molar-refractivity contribution in [1.29, 1.82) is 0 Å². The zero-order valence-electron chi connectivity index (χ0n) is 18.5. The van der Waals surface area contributed by atoms with Crippen LogP contribution in [0, 0.1) is 0 Å². The summed E-state index contributed by atoms with van der Waals surface area (Å²) in [7, 11) is 0. The van der Waals surface area contributed by atoms with Crippen LogP contribution >= 0.6 is 0 Å². The topological polar surface area (TPSA) is 104 Å². The van der Waals surface area contributed by atoms with Crippen LogP contribution in [0.25, 0.3) is 5.82 Å². The number of ether oxygens (including phenoxy) is 1. The van der Waals surface area contributed by atoms with E-state index in [0.29, 0.717) is 31.9 Å². The summed E-state index contributed by atoms with van der Waals surface area (Å²) in [5, 5.41) is 11.9. The SMILES string of the molecule is O=C(NC1CCC(n2nc(-n3cncn3)ccc2=O)CC1)C1(c2ccccc2)CCOCC1. The highest BCUT2D eigenvalue weighted by molar-refractivity contribution is 5.88. The zero-order valence-corrected chi connectivity index (χ0v) is 18.5. The number of benzene rings is 1. The quantitative estimate of drug-likeness (QED) is 0.642. The lowest BCUT2D eigenvalue weighted by Crippen LogP contribution is -2.51. The van der Waals surface area contributed by atoms with E-state index >= 15 is 0 Å². The summed E-state index contributed by atoms with van der Waals surface area (Å²) < 4.78 is 8.66. The summed E-state index contributed by atoms with van der Waals surface area (Å²) in [6, 6.07) is 13.3. The molecule has 2 aromatic heterocycles. The number of rotatable bonds is 5. The molecule has 1 saturated heterocycles. The molecule has 0 unspecified atom stereocenters. The van der Waals surface area contributed by atoms with Gasteiger partial charge in [0, 0.05) is 25.3 Å². The molecule has 1 aliphatic heterocycles. The predicted molar refractivity (Wildman–Crippen MR) is 121 cm³/mol. The van der Waals surface area contributed by atoms with Crippen molar-refractivity contribution in [3.05, 3.63) is 71.0 Å². The maximum atomic E-state index is 13.5. The standard InChI is InChI=1S/C24H28N6O3/c31-22-11-10-21(29-17-25-16-26-29)28-30(22)20-8-6-19(7-9-20)27-23(32)24(12-14-33-15-13-24)18-4-2-1-3-5-18/h1-5,10-11,16-17,19-20H,6-9,12-15H2,(H,27,32). The number of aromatic nitrogens is 5. The number of amides is 1. The highest BCUT2D eigenvalue weighted by Gasteiger charge is 2.42. The van der Waals surface area contributed by atoms with Gasteiger partial charge in [-0.25, -0.2) is 14.3 Å². The third-order valence-electron chi connectivity index (χ3n) is 6.95. The smallest absolute Gasteiger partial charge is 0.267 e. The fourth-order valence-corrected chi connectivity index (χ4v) is 5.04. The molecule has 2 fully saturated rings. The van der Waals surface area contributed by atoms with Gasteiger partial charge in [0.05, 0.1) is 11.5 Å². The van der Waals surface area contributed by atoms with E-state index in [2.05, 4.69) is 20.5 Å². The first-order valence-electron chi connectivity index (χ1n) is 11.5. The maximum absolute atomic E-state index is 13.5. The molecule has 1 saturated carbocycles. The van der Waals surface area contributed by atoms with E-state index < -0.39 is 5.41 Å². The van der Waals surface area contributed by atoms with Crippen LogP contribution in [-0.4, -0.2) is 49.7 Å². The number of carbonyl (C=O) groups excluding carboxylic acids is 1. The molecular weight excluding hydrogens is 420 g/mol. The van der Waals surface area contributed by atoms with Crippen LogP contribution in [0.5, 0.6) is 0 Å². The Bertz CT molecular complexity index is 1130. The molecule has 33 heavy (non-hydrogen) atoms. The predicted octanol–water partition coefficient (Wildman–Crippen LogP) is 2.17. The van der Waals surface area contributed by atoms with Crippen LogP contribution in [0.1, 0.15) is 50.1 Å². The van der Waals surface area contributed by atoms with E-state index in [1.54, 1.807) is 21.8 Å². The largest absolute Gasteiger partial charge is 0.381 e. The second kappa shape index (κ2) is 9.27. The van der Waals surface area contributed by atoms with Crippen LogP contribution in [-0.2, 0) is 14.9 Å². The Kier molecular flexibility index (Phi) is 6.04. The van der Waals surface area contributed by atoms with Gasteiger partial charge >= 0.3 is 0 Å². The summed E-state index contributed by atoms with van der Waals surface area (Å²) in [6.07, 6.45) is 7.53. The van der Waals surface area contributed by atoms with Gasteiger partial charge in [0.2, 0.25) is 5.91 Å². The average molecular weight is 449 g/mol. The number of carbonyl (C=O) groups is 1. The van der Waals surface area contributed by atoms with Crippen LogP contribution in [0.2, 0.25) is 0 Å².